The van der Waals surface area contributed by atoms with Crippen molar-refractivity contribution in [2.45, 2.75) is 19.6 Å². The van der Waals surface area contributed by atoms with Crippen LogP contribution in [0.25, 0.3) is 9.40 Å². The molecule has 0 N–H and O–H groups in total. The molecule has 0 amide bonds. The molecule has 3 heteroatoms. The first kappa shape index (κ1) is 8.47. The molecular weight excluding hydrogens is 200 g/mol. The van der Waals surface area contributed by atoms with Gasteiger partial charge in [0.15, 0.2) is 0 Å². The van der Waals surface area contributed by atoms with Crippen molar-refractivity contribution < 1.29 is 0 Å². The van der Waals surface area contributed by atoms with E-state index in [0.29, 0.717) is 0 Å². The zero-order valence-corrected chi connectivity index (χ0v) is 10.2. The van der Waals surface area contributed by atoms with Gasteiger partial charge in [0.2, 0.25) is 0 Å². The fourth-order valence-electron chi connectivity index (χ4n) is 1.14. The Labute approximate surface area is 81.9 Å². The average molecular weight is 212 g/mol. The Morgan fingerprint density at radius 2 is 2.00 bits per heavy atom. The number of fused-ring (bicyclic) bond motifs is 1. The van der Waals surface area contributed by atoms with Gasteiger partial charge in [-0.05, 0) is 22.0 Å². The Balaban J connectivity index is 2.59. The number of rotatable bonds is 1. The van der Waals surface area contributed by atoms with Crippen molar-refractivity contribution in [3.63, 3.8) is 0 Å². The second kappa shape index (κ2) is 2.69. The lowest BCUT2D eigenvalue weighted by atomic mass is 10.4. The molecule has 64 valence electrons. The molecular formula is C9H12S2Si. The molecule has 2 rings (SSSR count). The molecule has 0 unspecified atom stereocenters. The molecule has 0 fully saturated rings. The molecule has 2 heterocycles. The van der Waals surface area contributed by atoms with Crippen LogP contribution in [0.1, 0.15) is 0 Å². The average Bonchev–Trinajstić information content (AvgIpc) is 2.37. The molecule has 0 radical (unpaired) electrons. The van der Waals surface area contributed by atoms with Crippen molar-refractivity contribution in [2.75, 3.05) is 0 Å². The quantitative estimate of drug-likeness (QED) is 0.635. The van der Waals surface area contributed by atoms with Gasteiger partial charge >= 0.3 is 0 Å². The van der Waals surface area contributed by atoms with E-state index in [1.165, 1.54) is 9.40 Å². The Bertz CT molecular complexity index is 363. The van der Waals surface area contributed by atoms with E-state index >= 15 is 0 Å². The highest BCUT2D eigenvalue weighted by atomic mass is 32.2. The summed E-state index contributed by atoms with van der Waals surface area (Å²) in [6, 6.07) is 4.60. The zero-order valence-electron chi connectivity index (χ0n) is 7.55. The van der Waals surface area contributed by atoms with Gasteiger partial charge in [-0.15, -0.1) is 22.7 Å². The Kier molecular flexibility index (Phi) is 1.90. The first-order valence-electron chi connectivity index (χ1n) is 4.05. The summed E-state index contributed by atoms with van der Waals surface area (Å²) in [5.74, 6) is 0. The zero-order chi connectivity index (χ0) is 8.77. The van der Waals surface area contributed by atoms with Gasteiger partial charge in [0.25, 0.3) is 0 Å². The van der Waals surface area contributed by atoms with Crippen LogP contribution in [0.5, 0.6) is 0 Å². The summed E-state index contributed by atoms with van der Waals surface area (Å²) in [6.45, 7) is 7.22. The fraction of sp³-hybridized carbons (Fsp3) is 0.333. The van der Waals surface area contributed by atoms with Gasteiger partial charge < -0.3 is 0 Å². The predicted molar refractivity (Wildman–Crippen MR) is 62.7 cm³/mol. The van der Waals surface area contributed by atoms with E-state index in [1.807, 2.05) is 22.7 Å². The molecule has 12 heavy (non-hydrogen) atoms. The van der Waals surface area contributed by atoms with E-state index in [-0.39, 0.29) is 0 Å². The Morgan fingerprint density at radius 3 is 2.58 bits per heavy atom. The summed E-state index contributed by atoms with van der Waals surface area (Å²) < 4.78 is 3.12. The molecule has 0 aliphatic carbocycles. The molecule has 0 spiro atoms. The first-order chi connectivity index (χ1) is 5.57. The molecule has 0 atom stereocenters. The van der Waals surface area contributed by atoms with Crippen molar-refractivity contribution in [1.29, 1.82) is 0 Å². The lowest BCUT2D eigenvalue weighted by molar-refractivity contribution is 1.79. The van der Waals surface area contributed by atoms with Crippen molar-refractivity contribution in [3.05, 3.63) is 17.5 Å². The molecule has 0 bridgehead atoms. The van der Waals surface area contributed by atoms with E-state index in [4.69, 9.17) is 0 Å². The van der Waals surface area contributed by atoms with Crippen molar-refractivity contribution in [2.24, 2.45) is 0 Å². The highest BCUT2D eigenvalue weighted by Crippen LogP contribution is 2.26. The maximum absolute atomic E-state index is 2.41. The van der Waals surface area contributed by atoms with Gasteiger partial charge in [-0.3, -0.25) is 0 Å². The van der Waals surface area contributed by atoms with Crippen LogP contribution >= 0.6 is 22.7 Å². The molecule has 0 aromatic carbocycles. The van der Waals surface area contributed by atoms with Crippen LogP contribution in [0.4, 0.5) is 0 Å². The van der Waals surface area contributed by atoms with Gasteiger partial charge in [-0.2, -0.15) is 0 Å². The van der Waals surface area contributed by atoms with Crippen LogP contribution in [-0.4, -0.2) is 8.07 Å². The summed E-state index contributed by atoms with van der Waals surface area (Å²) >= 11 is 3.86. The number of thiophene rings is 2. The minimum absolute atomic E-state index is 1.05. The van der Waals surface area contributed by atoms with Crippen molar-refractivity contribution in [1.82, 2.24) is 0 Å². The van der Waals surface area contributed by atoms with E-state index in [1.54, 1.807) is 4.50 Å². The molecule has 0 saturated carbocycles. The third-order valence-corrected chi connectivity index (χ3v) is 7.67. The largest absolute Gasteiger partial charge is 0.134 e. The van der Waals surface area contributed by atoms with Crippen molar-refractivity contribution >= 4 is 44.6 Å². The Morgan fingerprint density at radius 1 is 1.25 bits per heavy atom. The summed E-state index contributed by atoms with van der Waals surface area (Å²) in [5.41, 5.74) is 0. The van der Waals surface area contributed by atoms with Crippen LogP contribution in [0, 0.1) is 0 Å². The van der Waals surface area contributed by atoms with E-state index in [9.17, 15) is 0 Å². The van der Waals surface area contributed by atoms with Gasteiger partial charge in [0, 0.05) is 5.39 Å². The van der Waals surface area contributed by atoms with Crippen LogP contribution in [0.3, 0.4) is 0 Å². The normalized spacial score (nSPS) is 12.6. The van der Waals surface area contributed by atoms with Gasteiger partial charge in [-0.1, -0.05) is 19.6 Å². The molecule has 0 nitrogen and oxygen atoms in total. The summed E-state index contributed by atoms with van der Waals surface area (Å²) in [4.78, 5) is 0. The van der Waals surface area contributed by atoms with Crippen LogP contribution in [-0.2, 0) is 0 Å². The lowest BCUT2D eigenvalue weighted by Gasteiger charge is -2.11. The second-order valence-corrected chi connectivity index (χ2v) is 11.7. The highest BCUT2D eigenvalue weighted by molar-refractivity contribution is 7.43. The monoisotopic (exact) mass is 212 g/mol. The van der Waals surface area contributed by atoms with Crippen LogP contribution in [0.2, 0.25) is 19.6 Å². The third kappa shape index (κ3) is 1.37. The minimum Gasteiger partial charge on any atom is -0.134 e. The van der Waals surface area contributed by atoms with Gasteiger partial charge in [-0.25, -0.2) is 0 Å². The standard InChI is InChI=1S/C9H12S2Si/c1-12(2,3)8-6-7-4-5-10-9(7)11-8/h4-6H,1-3H3. The summed E-state index contributed by atoms with van der Waals surface area (Å²) in [6.07, 6.45) is 0. The maximum atomic E-state index is 2.41. The molecule has 2 aromatic rings. The predicted octanol–water partition coefficient (Wildman–Crippen LogP) is 3.51. The highest BCUT2D eigenvalue weighted by Gasteiger charge is 2.19. The van der Waals surface area contributed by atoms with Gasteiger partial charge in [0.05, 0.1) is 12.1 Å². The third-order valence-electron chi connectivity index (χ3n) is 1.89. The second-order valence-electron chi connectivity index (χ2n) is 4.02. The van der Waals surface area contributed by atoms with E-state index in [2.05, 4.69) is 37.2 Å². The topological polar surface area (TPSA) is 0 Å². The van der Waals surface area contributed by atoms with Crippen LogP contribution in [0.15, 0.2) is 17.5 Å². The molecule has 0 aliphatic heterocycles. The fourth-order valence-corrected chi connectivity index (χ4v) is 5.34. The van der Waals surface area contributed by atoms with Gasteiger partial charge in [0.1, 0.15) is 0 Å². The first-order valence-corrected chi connectivity index (χ1v) is 9.24. The smallest absolute Gasteiger partial charge is 0.0904 e. The number of hydrogen-bond acceptors (Lipinski definition) is 2. The number of hydrogen-bond donors (Lipinski definition) is 0. The summed E-state index contributed by atoms with van der Waals surface area (Å²) in [5, 5.41) is 3.62. The van der Waals surface area contributed by atoms with Crippen molar-refractivity contribution in [3.8, 4) is 0 Å². The maximum Gasteiger partial charge on any atom is 0.0904 e. The van der Waals surface area contributed by atoms with Crippen LogP contribution < -0.4 is 4.50 Å². The Hall–Kier alpha value is -0.123. The van der Waals surface area contributed by atoms with E-state index < -0.39 is 8.07 Å². The summed E-state index contributed by atoms with van der Waals surface area (Å²) in [7, 11) is -1.05. The molecule has 0 saturated heterocycles. The van der Waals surface area contributed by atoms with E-state index in [0.717, 1.165) is 0 Å². The minimum atomic E-state index is -1.05. The molecule has 2 aromatic heterocycles. The SMILES string of the molecule is C[Si](C)(C)c1cc2ccsc2s1. The molecule has 0 aliphatic rings. The lowest BCUT2D eigenvalue weighted by Crippen LogP contribution is -2.34.